The summed E-state index contributed by atoms with van der Waals surface area (Å²) < 4.78 is 16.2. The van der Waals surface area contributed by atoms with Gasteiger partial charge in [0.1, 0.15) is 6.04 Å². The lowest BCUT2D eigenvalue weighted by molar-refractivity contribution is -0.116. The Hall–Kier alpha value is -2.18. The highest BCUT2D eigenvalue weighted by atomic mass is 32.2. The molecule has 0 bridgehead atoms. The molecule has 0 radical (unpaired) electrons. The van der Waals surface area contributed by atoms with Crippen LogP contribution in [0.1, 0.15) is 28.8 Å². The van der Waals surface area contributed by atoms with Crippen molar-refractivity contribution >= 4 is 34.4 Å². The third kappa shape index (κ3) is 6.20. The van der Waals surface area contributed by atoms with Crippen molar-refractivity contribution in [2.45, 2.75) is 37.6 Å². The largest absolute Gasteiger partial charge is 0.381 e. The lowest BCUT2D eigenvalue weighted by Gasteiger charge is -2.39. The van der Waals surface area contributed by atoms with Gasteiger partial charge in [0.25, 0.3) is 5.91 Å². The molecule has 1 unspecified atom stereocenters. The molecule has 0 aromatic heterocycles. The lowest BCUT2D eigenvalue weighted by Crippen LogP contribution is -2.53. The van der Waals surface area contributed by atoms with Crippen LogP contribution in [0.15, 0.2) is 23.2 Å². The van der Waals surface area contributed by atoms with E-state index in [9.17, 15) is 9.59 Å². The zero-order valence-electron chi connectivity index (χ0n) is 20.7. The summed E-state index contributed by atoms with van der Waals surface area (Å²) in [6.07, 6.45) is 1.81. The van der Waals surface area contributed by atoms with E-state index < -0.39 is 6.04 Å². The number of thioether (sulfide) groups is 1. The first-order chi connectivity index (χ1) is 17.6. The van der Waals surface area contributed by atoms with Crippen LogP contribution in [0.2, 0.25) is 0 Å². The Labute approximate surface area is 216 Å². The summed E-state index contributed by atoms with van der Waals surface area (Å²) >= 11 is 1.59. The Kier molecular flexibility index (Phi) is 8.43. The van der Waals surface area contributed by atoms with Gasteiger partial charge in [0, 0.05) is 64.8 Å². The Morgan fingerprint density at radius 3 is 2.64 bits per heavy atom. The van der Waals surface area contributed by atoms with Gasteiger partial charge < -0.3 is 29.7 Å². The molecule has 1 atom stereocenters. The van der Waals surface area contributed by atoms with E-state index in [1.165, 1.54) is 0 Å². The molecule has 3 saturated heterocycles. The highest BCUT2D eigenvalue weighted by Gasteiger charge is 2.35. The van der Waals surface area contributed by atoms with Gasteiger partial charge in [-0.2, -0.15) is 0 Å². The molecule has 1 aromatic carbocycles. The summed E-state index contributed by atoms with van der Waals surface area (Å²) in [4.78, 5) is 35.6. The maximum Gasteiger partial charge on any atom is 0.253 e. The smallest absolute Gasteiger partial charge is 0.253 e. The zero-order valence-corrected chi connectivity index (χ0v) is 21.6. The third-order valence-corrected chi connectivity index (χ3v) is 8.15. The molecule has 11 heteroatoms. The Bertz CT molecular complexity index is 974. The number of anilines is 1. The van der Waals surface area contributed by atoms with E-state index in [0.717, 1.165) is 69.5 Å². The number of rotatable bonds is 7. The predicted molar refractivity (Wildman–Crippen MR) is 139 cm³/mol. The van der Waals surface area contributed by atoms with Crippen LogP contribution >= 0.6 is 11.8 Å². The first kappa shape index (κ1) is 25.5. The van der Waals surface area contributed by atoms with E-state index in [2.05, 4.69) is 25.4 Å². The van der Waals surface area contributed by atoms with Crippen molar-refractivity contribution in [3.05, 3.63) is 29.3 Å². The SMILES string of the molecule is COC1CN(C2=NC(C(=O)Nc3ccc(CN4CCOCC4)cc3C(=O)NC3CCOCC3)CS2)C1. The van der Waals surface area contributed by atoms with E-state index in [0.29, 0.717) is 30.2 Å². The van der Waals surface area contributed by atoms with E-state index in [1.54, 1.807) is 18.9 Å². The topological polar surface area (TPSA) is 105 Å². The maximum atomic E-state index is 13.3. The highest BCUT2D eigenvalue weighted by Crippen LogP contribution is 2.27. The molecule has 3 fully saturated rings. The molecule has 0 aliphatic carbocycles. The number of amides is 2. The molecule has 196 valence electrons. The molecule has 4 aliphatic rings. The number of carbonyl (C=O) groups excluding carboxylic acids is 2. The van der Waals surface area contributed by atoms with E-state index >= 15 is 0 Å². The number of ether oxygens (including phenoxy) is 3. The lowest BCUT2D eigenvalue weighted by atomic mass is 10.0. The number of likely N-dealkylation sites (tertiary alicyclic amines) is 1. The van der Waals surface area contributed by atoms with Gasteiger partial charge in [-0.25, -0.2) is 4.99 Å². The van der Waals surface area contributed by atoms with Gasteiger partial charge in [-0.05, 0) is 30.5 Å². The summed E-state index contributed by atoms with van der Waals surface area (Å²) in [6, 6.07) is 5.33. The first-order valence-electron chi connectivity index (χ1n) is 12.7. The molecular formula is C25H35N5O5S. The quantitative estimate of drug-likeness (QED) is 0.556. The van der Waals surface area contributed by atoms with Crippen molar-refractivity contribution in [2.75, 3.05) is 70.8 Å². The zero-order chi connectivity index (χ0) is 24.9. The molecule has 2 N–H and O–H groups in total. The molecule has 4 heterocycles. The maximum absolute atomic E-state index is 13.3. The number of methoxy groups -OCH3 is 1. The fourth-order valence-corrected chi connectivity index (χ4v) is 5.80. The Morgan fingerprint density at radius 2 is 1.89 bits per heavy atom. The van der Waals surface area contributed by atoms with Crippen LogP contribution in [0.3, 0.4) is 0 Å². The monoisotopic (exact) mass is 517 g/mol. The minimum Gasteiger partial charge on any atom is -0.381 e. The van der Waals surface area contributed by atoms with E-state index in [1.807, 2.05) is 18.2 Å². The molecule has 0 spiro atoms. The van der Waals surface area contributed by atoms with Crippen molar-refractivity contribution in [1.29, 1.82) is 0 Å². The molecule has 5 rings (SSSR count). The van der Waals surface area contributed by atoms with Crippen molar-refractivity contribution in [1.82, 2.24) is 15.1 Å². The minimum atomic E-state index is -0.481. The number of carbonyl (C=O) groups is 2. The second-order valence-corrected chi connectivity index (χ2v) is 10.6. The average Bonchev–Trinajstić information content (AvgIpc) is 3.35. The van der Waals surface area contributed by atoms with Crippen LogP contribution in [0, 0.1) is 0 Å². The van der Waals surface area contributed by atoms with Crippen LogP contribution in [0.25, 0.3) is 0 Å². The first-order valence-corrected chi connectivity index (χ1v) is 13.7. The molecule has 4 aliphatic heterocycles. The molecular weight excluding hydrogens is 482 g/mol. The molecule has 0 saturated carbocycles. The van der Waals surface area contributed by atoms with Gasteiger partial charge in [0.05, 0.1) is 30.6 Å². The second-order valence-electron chi connectivity index (χ2n) is 9.62. The highest BCUT2D eigenvalue weighted by molar-refractivity contribution is 8.14. The number of morpholine rings is 1. The number of amidine groups is 1. The fourth-order valence-electron chi connectivity index (χ4n) is 4.74. The molecule has 1 aromatic rings. The second kappa shape index (κ2) is 11.9. The molecule has 36 heavy (non-hydrogen) atoms. The summed E-state index contributed by atoms with van der Waals surface area (Å²) in [6.45, 7) is 6.80. The van der Waals surface area contributed by atoms with Gasteiger partial charge >= 0.3 is 0 Å². The van der Waals surface area contributed by atoms with E-state index in [4.69, 9.17) is 14.2 Å². The number of nitrogens with one attached hydrogen (secondary N) is 2. The Morgan fingerprint density at radius 1 is 1.14 bits per heavy atom. The van der Waals surface area contributed by atoms with Crippen molar-refractivity contribution < 1.29 is 23.8 Å². The summed E-state index contributed by atoms with van der Waals surface area (Å²) in [5.41, 5.74) is 2.04. The summed E-state index contributed by atoms with van der Waals surface area (Å²) in [7, 11) is 1.71. The summed E-state index contributed by atoms with van der Waals surface area (Å²) in [5, 5.41) is 7.03. The number of hydrogen-bond donors (Lipinski definition) is 2. The fraction of sp³-hybridized carbons (Fsp3) is 0.640. The third-order valence-electron chi connectivity index (χ3n) is 7.04. The van der Waals surface area contributed by atoms with Crippen LogP contribution in [-0.4, -0.2) is 110 Å². The van der Waals surface area contributed by atoms with Crippen molar-refractivity contribution in [2.24, 2.45) is 4.99 Å². The van der Waals surface area contributed by atoms with Gasteiger partial charge in [-0.3, -0.25) is 14.5 Å². The number of benzene rings is 1. The van der Waals surface area contributed by atoms with Gasteiger partial charge in [0.2, 0.25) is 5.91 Å². The van der Waals surface area contributed by atoms with E-state index in [-0.39, 0.29) is 24.0 Å². The predicted octanol–water partition coefficient (Wildman–Crippen LogP) is 1.17. The number of aliphatic imine (C=N–C) groups is 1. The van der Waals surface area contributed by atoms with Crippen molar-refractivity contribution in [3.63, 3.8) is 0 Å². The van der Waals surface area contributed by atoms with Gasteiger partial charge in [0.15, 0.2) is 5.17 Å². The average molecular weight is 518 g/mol. The molecule has 10 nitrogen and oxygen atoms in total. The molecule has 2 amide bonds. The Balaban J connectivity index is 1.28. The van der Waals surface area contributed by atoms with Crippen LogP contribution in [0.4, 0.5) is 5.69 Å². The van der Waals surface area contributed by atoms with Crippen LogP contribution in [0.5, 0.6) is 0 Å². The summed E-state index contributed by atoms with van der Waals surface area (Å²) in [5.74, 6) is 0.230. The number of hydrogen-bond acceptors (Lipinski definition) is 9. The minimum absolute atomic E-state index is 0.0727. The van der Waals surface area contributed by atoms with Crippen molar-refractivity contribution in [3.8, 4) is 0 Å². The van der Waals surface area contributed by atoms with Gasteiger partial charge in [-0.15, -0.1) is 0 Å². The standard InChI is InChI=1S/C25H35N5O5S/c1-33-19-14-30(15-19)25-28-22(16-36-25)24(32)27-21-3-2-17(13-29-6-10-35-11-7-29)12-20(21)23(31)26-18-4-8-34-9-5-18/h2-3,12,18-19,22H,4-11,13-16H2,1H3,(H,26,31)(H,27,32). The van der Waals surface area contributed by atoms with Crippen LogP contribution in [-0.2, 0) is 25.5 Å². The van der Waals surface area contributed by atoms with Crippen LogP contribution < -0.4 is 10.6 Å². The van der Waals surface area contributed by atoms with Gasteiger partial charge in [-0.1, -0.05) is 17.8 Å². The normalized spacial score (nSPS) is 23.8. The number of nitrogens with zero attached hydrogens (tertiary/aromatic N) is 3.